The van der Waals surface area contributed by atoms with Gasteiger partial charge >= 0.3 is 0 Å². The van der Waals surface area contributed by atoms with Crippen LogP contribution in [-0.2, 0) is 4.74 Å². The number of methoxy groups -OCH3 is 1. The maximum atomic E-state index is 12.9. The molecule has 10 heteroatoms. The van der Waals surface area contributed by atoms with Gasteiger partial charge in [-0.2, -0.15) is 0 Å². The monoisotopic (exact) mass is 446 g/mol. The Morgan fingerprint density at radius 3 is 2.38 bits per heavy atom. The first kappa shape index (κ1) is 22.1. The molecular formula is C22H22O10. The van der Waals surface area contributed by atoms with Gasteiger partial charge in [0.05, 0.1) is 19.3 Å². The Morgan fingerprint density at radius 2 is 1.72 bits per heavy atom. The van der Waals surface area contributed by atoms with Crippen LogP contribution >= 0.6 is 0 Å². The Labute approximate surface area is 181 Å². The number of hydrogen-bond donors (Lipinski definition) is 5. The van der Waals surface area contributed by atoms with Crippen LogP contribution in [0.4, 0.5) is 0 Å². The lowest BCUT2D eigenvalue weighted by Gasteiger charge is -2.39. The molecule has 0 saturated carbocycles. The van der Waals surface area contributed by atoms with Crippen LogP contribution in [0.25, 0.3) is 22.1 Å². The highest BCUT2D eigenvalue weighted by atomic mass is 16.7. The van der Waals surface area contributed by atoms with E-state index < -0.39 is 42.7 Å². The minimum atomic E-state index is -1.56. The van der Waals surface area contributed by atoms with E-state index in [0.29, 0.717) is 11.3 Å². The molecule has 2 heterocycles. The number of phenolic OH excluding ortho intramolecular Hbond substituents is 1. The van der Waals surface area contributed by atoms with Crippen molar-refractivity contribution in [1.82, 2.24) is 0 Å². The number of benzene rings is 2. The summed E-state index contributed by atoms with van der Waals surface area (Å²) in [7, 11) is 1.43. The van der Waals surface area contributed by atoms with Gasteiger partial charge < -0.3 is 44.2 Å². The minimum Gasteiger partial charge on any atom is -0.507 e. The Morgan fingerprint density at radius 1 is 1.00 bits per heavy atom. The van der Waals surface area contributed by atoms with Gasteiger partial charge in [-0.1, -0.05) is 12.1 Å². The van der Waals surface area contributed by atoms with E-state index in [4.69, 9.17) is 18.6 Å². The second-order valence-corrected chi connectivity index (χ2v) is 7.34. The molecule has 4 rings (SSSR count). The van der Waals surface area contributed by atoms with Crippen molar-refractivity contribution in [2.75, 3.05) is 13.7 Å². The number of fused-ring (bicyclic) bond motifs is 1. The van der Waals surface area contributed by atoms with Crippen LogP contribution < -0.4 is 14.9 Å². The summed E-state index contributed by atoms with van der Waals surface area (Å²) >= 11 is 0. The summed E-state index contributed by atoms with van der Waals surface area (Å²) in [5.41, 5.74) is 0.432. The van der Waals surface area contributed by atoms with E-state index >= 15 is 0 Å². The maximum Gasteiger partial charge on any atom is 0.229 e. The van der Waals surface area contributed by atoms with Crippen molar-refractivity contribution in [1.29, 1.82) is 0 Å². The predicted molar refractivity (Wildman–Crippen MR) is 111 cm³/mol. The van der Waals surface area contributed by atoms with E-state index in [1.807, 2.05) is 0 Å². The SMILES string of the molecule is COc1cc(O)c2c(=O)c(-c3ccc(O[C@@H]4O[C@H](CO)[C@@H](O)[C@H](O)[C@@H]4O)cc3)coc2c1. The molecule has 10 nitrogen and oxygen atoms in total. The van der Waals surface area contributed by atoms with E-state index in [0.717, 1.165) is 0 Å². The van der Waals surface area contributed by atoms with Crippen molar-refractivity contribution >= 4 is 11.0 Å². The van der Waals surface area contributed by atoms with Crippen molar-refractivity contribution in [3.63, 3.8) is 0 Å². The van der Waals surface area contributed by atoms with E-state index in [-0.39, 0.29) is 28.0 Å². The van der Waals surface area contributed by atoms with E-state index in [1.165, 1.54) is 37.6 Å². The molecule has 5 N–H and O–H groups in total. The second-order valence-electron chi connectivity index (χ2n) is 7.34. The Balaban J connectivity index is 1.59. The molecule has 32 heavy (non-hydrogen) atoms. The quantitative estimate of drug-likeness (QED) is 0.370. The number of rotatable bonds is 5. The van der Waals surface area contributed by atoms with Crippen LogP contribution in [0, 0.1) is 0 Å². The van der Waals surface area contributed by atoms with Gasteiger partial charge in [0.2, 0.25) is 11.7 Å². The van der Waals surface area contributed by atoms with Gasteiger partial charge in [0.25, 0.3) is 0 Å². The molecule has 0 unspecified atom stereocenters. The fourth-order valence-electron chi connectivity index (χ4n) is 3.54. The van der Waals surface area contributed by atoms with Crippen LogP contribution in [0.15, 0.2) is 51.9 Å². The highest BCUT2D eigenvalue weighted by Crippen LogP contribution is 2.31. The molecule has 1 aromatic heterocycles. The molecule has 0 bridgehead atoms. The normalized spacial score (nSPS) is 25.6. The summed E-state index contributed by atoms with van der Waals surface area (Å²) in [4.78, 5) is 12.9. The molecule has 3 aromatic rings. The number of ether oxygens (including phenoxy) is 3. The first-order valence-electron chi connectivity index (χ1n) is 9.74. The van der Waals surface area contributed by atoms with Gasteiger partial charge in [-0.15, -0.1) is 0 Å². The minimum absolute atomic E-state index is 0.0185. The van der Waals surface area contributed by atoms with Crippen molar-refractivity contribution in [3.05, 3.63) is 52.9 Å². The zero-order valence-electron chi connectivity index (χ0n) is 16.9. The average molecular weight is 446 g/mol. The number of phenols is 1. The van der Waals surface area contributed by atoms with Crippen LogP contribution in [0.5, 0.6) is 17.2 Å². The molecule has 1 fully saturated rings. The fraction of sp³-hybridized carbons (Fsp3) is 0.318. The molecular weight excluding hydrogens is 424 g/mol. The van der Waals surface area contributed by atoms with E-state index in [2.05, 4.69) is 0 Å². The van der Waals surface area contributed by atoms with Crippen LogP contribution in [0.3, 0.4) is 0 Å². The summed E-state index contributed by atoms with van der Waals surface area (Å²) in [6.07, 6.45) is -5.73. The third-order valence-corrected chi connectivity index (χ3v) is 5.33. The summed E-state index contributed by atoms with van der Waals surface area (Å²) < 4.78 is 21.4. The van der Waals surface area contributed by atoms with Crippen molar-refractivity contribution in [2.24, 2.45) is 0 Å². The molecule has 0 radical (unpaired) electrons. The van der Waals surface area contributed by atoms with Crippen LogP contribution in [-0.4, -0.2) is 70.0 Å². The number of aliphatic hydroxyl groups excluding tert-OH is 4. The highest BCUT2D eigenvalue weighted by Gasteiger charge is 2.44. The van der Waals surface area contributed by atoms with Gasteiger partial charge in [-0.25, -0.2) is 0 Å². The first-order valence-corrected chi connectivity index (χ1v) is 9.74. The summed E-state index contributed by atoms with van der Waals surface area (Å²) in [5.74, 6) is 0.328. The first-order chi connectivity index (χ1) is 15.3. The topological polar surface area (TPSA) is 159 Å². The number of aliphatic hydroxyl groups is 4. The molecule has 0 amide bonds. The number of aromatic hydroxyl groups is 1. The fourth-order valence-corrected chi connectivity index (χ4v) is 3.54. The largest absolute Gasteiger partial charge is 0.507 e. The predicted octanol–water partition coefficient (Wildman–Crippen LogP) is 0.353. The van der Waals surface area contributed by atoms with Crippen molar-refractivity contribution < 1.29 is 44.2 Å². The van der Waals surface area contributed by atoms with Crippen LogP contribution in [0.1, 0.15) is 0 Å². The summed E-state index contributed by atoms with van der Waals surface area (Å²) in [6, 6.07) is 8.97. The van der Waals surface area contributed by atoms with E-state index in [1.54, 1.807) is 12.1 Å². The van der Waals surface area contributed by atoms with Gasteiger partial charge in [-0.3, -0.25) is 4.79 Å². The lowest BCUT2D eigenvalue weighted by atomic mass is 9.99. The van der Waals surface area contributed by atoms with Crippen molar-refractivity contribution in [2.45, 2.75) is 30.7 Å². The Kier molecular flexibility index (Phi) is 6.04. The highest BCUT2D eigenvalue weighted by molar-refractivity contribution is 5.88. The maximum absolute atomic E-state index is 12.9. The lowest BCUT2D eigenvalue weighted by molar-refractivity contribution is -0.277. The molecule has 5 atom stereocenters. The van der Waals surface area contributed by atoms with Gasteiger partial charge in [0.15, 0.2) is 0 Å². The average Bonchev–Trinajstić information content (AvgIpc) is 2.80. The molecule has 1 aliphatic rings. The lowest BCUT2D eigenvalue weighted by Crippen LogP contribution is -2.60. The number of hydrogen-bond acceptors (Lipinski definition) is 10. The van der Waals surface area contributed by atoms with Crippen LogP contribution in [0.2, 0.25) is 0 Å². The third-order valence-electron chi connectivity index (χ3n) is 5.33. The summed E-state index contributed by atoms with van der Waals surface area (Å²) in [5, 5.41) is 49.3. The third kappa shape index (κ3) is 3.90. The van der Waals surface area contributed by atoms with E-state index in [9.17, 15) is 30.3 Å². The molecule has 170 valence electrons. The smallest absolute Gasteiger partial charge is 0.229 e. The second kappa shape index (κ2) is 8.77. The molecule has 0 aliphatic carbocycles. The van der Waals surface area contributed by atoms with Gasteiger partial charge in [0.1, 0.15) is 58.9 Å². The standard InChI is InChI=1S/C22H22O10/c1-29-12-6-14(24)17-15(7-12)30-9-13(18(17)25)10-2-4-11(5-3-10)31-22-21(28)20(27)19(26)16(8-23)32-22/h2-7,9,16,19-24,26-28H,8H2,1H3/t16-,19-,20+,21+,22-/m1/s1. The summed E-state index contributed by atoms with van der Waals surface area (Å²) in [6.45, 7) is -0.569. The molecule has 1 saturated heterocycles. The Bertz CT molecular complexity index is 1150. The van der Waals surface area contributed by atoms with Gasteiger partial charge in [-0.05, 0) is 17.7 Å². The Hall–Kier alpha value is -3.15. The molecule has 1 aliphatic heterocycles. The van der Waals surface area contributed by atoms with Crippen molar-refractivity contribution in [3.8, 4) is 28.4 Å². The zero-order chi connectivity index (χ0) is 23.0. The van der Waals surface area contributed by atoms with Gasteiger partial charge in [0, 0.05) is 12.1 Å². The zero-order valence-corrected chi connectivity index (χ0v) is 16.9. The molecule has 0 spiro atoms. The molecule has 2 aromatic carbocycles.